The van der Waals surface area contributed by atoms with Crippen LogP contribution in [-0.2, 0) is 13.0 Å². The molecule has 0 spiro atoms. The van der Waals surface area contributed by atoms with Crippen molar-refractivity contribution >= 4 is 16.7 Å². The summed E-state index contributed by atoms with van der Waals surface area (Å²) in [6.45, 7) is 5.37. The molecule has 1 aromatic heterocycles. The van der Waals surface area contributed by atoms with E-state index in [1.54, 1.807) is 0 Å². The molecule has 4 nitrogen and oxygen atoms in total. The standard InChI is InChI=1S/C26H28N4/c1-2-5-20(6-3-1)21-11-14-28(15-12-21)23-9-10-24-25(19-23)30-18-17-29(22-7-4-8-22)16-13-26(30)27-24/h1-10,19,21H,11-18H2. The second-order valence-corrected chi connectivity index (χ2v) is 8.71. The van der Waals surface area contributed by atoms with E-state index in [2.05, 4.69) is 81.1 Å². The number of anilines is 1. The number of piperidine rings is 1. The van der Waals surface area contributed by atoms with E-state index >= 15 is 0 Å². The van der Waals surface area contributed by atoms with Gasteiger partial charge in [0.25, 0.3) is 0 Å². The van der Waals surface area contributed by atoms with Crippen LogP contribution in [-0.4, -0.2) is 40.6 Å². The van der Waals surface area contributed by atoms with Crippen LogP contribution in [0.15, 0.2) is 72.5 Å². The second kappa shape index (κ2) is 7.35. The predicted molar refractivity (Wildman–Crippen MR) is 123 cm³/mol. The largest absolute Gasteiger partial charge is 0.371 e. The zero-order chi connectivity index (χ0) is 19.9. The van der Waals surface area contributed by atoms with Gasteiger partial charge in [0, 0.05) is 50.5 Å². The maximum atomic E-state index is 4.97. The molecule has 6 rings (SSSR count). The van der Waals surface area contributed by atoms with Crippen molar-refractivity contribution in [1.29, 1.82) is 0 Å². The SMILES string of the molecule is C1=CC(N2CCc3nc4ccc(N5CCC(c6ccccc6)CC5)cc4n3CC2)=C1. The monoisotopic (exact) mass is 396 g/mol. The van der Waals surface area contributed by atoms with E-state index in [1.807, 2.05) is 0 Å². The second-order valence-electron chi connectivity index (χ2n) is 8.71. The first-order chi connectivity index (χ1) is 14.8. The number of allylic oxidation sites excluding steroid dienone is 3. The van der Waals surface area contributed by atoms with Crippen molar-refractivity contribution in [3.05, 3.63) is 83.8 Å². The molecular weight excluding hydrogens is 368 g/mol. The Morgan fingerprint density at radius 3 is 2.43 bits per heavy atom. The highest BCUT2D eigenvalue weighted by molar-refractivity contribution is 5.80. The molecule has 1 fully saturated rings. The molecule has 30 heavy (non-hydrogen) atoms. The van der Waals surface area contributed by atoms with E-state index in [0.29, 0.717) is 5.92 Å². The molecule has 4 heteroatoms. The summed E-state index contributed by atoms with van der Waals surface area (Å²) in [6.07, 6.45) is 10.0. The zero-order valence-corrected chi connectivity index (χ0v) is 17.4. The van der Waals surface area contributed by atoms with Gasteiger partial charge in [-0.3, -0.25) is 0 Å². The highest BCUT2D eigenvalue weighted by Crippen LogP contribution is 2.32. The van der Waals surface area contributed by atoms with Crippen molar-refractivity contribution in [2.24, 2.45) is 0 Å². The third-order valence-electron chi connectivity index (χ3n) is 7.04. The van der Waals surface area contributed by atoms with Crippen LogP contribution in [0.4, 0.5) is 5.69 Å². The maximum Gasteiger partial charge on any atom is 0.111 e. The van der Waals surface area contributed by atoms with Crippen LogP contribution >= 0.6 is 0 Å². The summed E-state index contributed by atoms with van der Waals surface area (Å²) in [7, 11) is 0. The lowest BCUT2D eigenvalue weighted by molar-refractivity contribution is 0.359. The molecule has 0 bridgehead atoms. The number of hydrogen-bond donors (Lipinski definition) is 0. The molecule has 152 valence electrons. The Hall–Kier alpha value is -3.01. The number of hydrogen-bond acceptors (Lipinski definition) is 3. The number of benzene rings is 2. The quantitative estimate of drug-likeness (QED) is 0.640. The van der Waals surface area contributed by atoms with Crippen molar-refractivity contribution in [2.45, 2.75) is 31.7 Å². The summed E-state index contributed by atoms with van der Waals surface area (Å²) < 4.78 is 2.46. The average molecular weight is 397 g/mol. The molecule has 1 aliphatic carbocycles. The highest BCUT2D eigenvalue weighted by Gasteiger charge is 2.23. The van der Waals surface area contributed by atoms with Gasteiger partial charge in [0.1, 0.15) is 5.82 Å². The third-order valence-corrected chi connectivity index (χ3v) is 7.04. The molecule has 0 atom stereocenters. The fourth-order valence-corrected chi connectivity index (χ4v) is 5.21. The summed E-state index contributed by atoms with van der Waals surface area (Å²) in [5.74, 6) is 1.93. The first kappa shape index (κ1) is 17.8. The fraction of sp³-hybridized carbons (Fsp3) is 0.346. The van der Waals surface area contributed by atoms with Crippen LogP contribution in [0, 0.1) is 0 Å². The van der Waals surface area contributed by atoms with E-state index in [-0.39, 0.29) is 0 Å². The molecule has 3 aliphatic rings. The van der Waals surface area contributed by atoms with Gasteiger partial charge in [-0.05, 0) is 54.7 Å². The Morgan fingerprint density at radius 2 is 1.67 bits per heavy atom. The topological polar surface area (TPSA) is 24.3 Å². The Morgan fingerprint density at radius 1 is 0.833 bits per heavy atom. The Labute approximate surface area is 178 Å². The maximum absolute atomic E-state index is 4.97. The van der Waals surface area contributed by atoms with E-state index in [1.165, 1.54) is 41.1 Å². The van der Waals surface area contributed by atoms with Crippen molar-refractivity contribution in [3.63, 3.8) is 0 Å². The number of aromatic nitrogens is 2. The summed E-state index contributed by atoms with van der Waals surface area (Å²) in [5.41, 5.74) is 6.65. The Bertz CT molecular complexity index is 1120. The van der Waals surface area contributed by atoms with Crippen LogP contribution < -0.4 is 4.90 Å². The van der Waals surface area contributed by atoms with Gasteiger partial charge in [-0.2, -0.15) is 0 Å². The first-order valence-corrected chi connectivity index (χ1v) is 11.3. The molecule has 0 unspecified atom stereocenters. The lowest BCUT2D eigenvalue weighted by Crippen LogP contribution is -2.32. The highest BCUT2D eigenvalue weighted by atomic mass is 15.2. The molecule has 3 heterocycles. The van der Waals surface area contributed by atoms with Gasteiger partial charge in [-0.15, -0.1) is 0 Å². The fourth-order valence-electron chi connectivity index (χ4n) is 5.21. The minimum atomic E-state index is 0.693. The third kappa shape index (κ3) is 3.11. The molecular formula is C26H28N4. The van der Waals surface area contributed by atoms with Crippen LogP contribution in [0.3, 0.4) is 0 Å². The molecule has 0 N–H and O–H groups in total. The molecule has 2 aliphatic heterocycles. The minimum Gasteiger partial charge on any atom is -0.371 e. The van der Waals surface area contributed by atoms with Crippen molar-refractivity contribution in [1.82, 2.24) is 14.5 Å². The lowest BCUT2D eigenvalue weighted by atomic mass is 9.89. The van der Waals surface area contributed by atoms with Crippen molar-refractivity contribution in [3.8, 4) is 0 Å². The van der Waals surface area contributed by atoms with Gasteiger partial charge in [-0.25, -0.2) is 4.98 Å². The molecule has 0 saturated carbocycles. The molecule has 1 saturated heterocycles. The lowest BCUT2D eigenvalue weighted by Gasteiger charge is -2.34. The van der Waals surface area contributed by atoms with Crippen LogP contribution in [0.25, 0.3) is 11.0 Å². The minimum absolute atomic E-state index is 0.693. The van der Waals surface area contributed by atoms with Crippen LogP contribution in [0.1, 0.15) is 30.1 Å². The number of rotatable bonds is 3. The number of fused-ring (bicyclic) bond motifs is 3. The van der Waals surface area contributed by atoms with Gasteiger partial charge in [-0.1, -0.05) is 36.4 Å². The zero-order valence-electron chi connectivity index (χ0n) is 17.4. The van der Waals surface area contributed by atoms with Gasteiger partial charge in [0.15, 0.2) is 0 Å². The molecule has 0 amide bonds. The molecule has 2 aromatic carbocycles. The van der Waals surface area contributed by atoms with Gasteiger partial charge < -0.3 is 14.4 Å². The smallest absolute Gasteiger partial charge is 0.111 e. The number of nitrogens with zero attached hydrogens (tertiary/aromatic N) is 4. The number of imidazole rings is 1. The van der Waals surface area contributed by atoms with Gasteiger partial charge in [0.05, 0.1) is 11.0 Å². The first-order valence-electron chi connectivity index (χ1n) is 11.3. The van der Waals surface area contributed by atoms with Gasteiger partial charge >= 0.3 is 0 Å². The Kier molecular flexibility index (Phi) is 4.37. The molecule has 3 aromatic rings. The normalized spacial score (nSPS) is 19.4. The summed E-state index contributed by atoms with van der Waals surface area (Å²) in [4.78, 5) is 10.0. The predicted octanol–water partition coefficient (Wildman–Crippen LogP) is 4.73. The summed E-state index contributed by atoms with van der Waals surface area (Å²) in [6, 6.07) is 17.9. The average Bonchev–Trinajstić information content (AvgIpc) is 2.99. The summed E-state index contributed by atoms with van der Waals surface area (Å²) >= 11 is 0. The van der Waals surface area contributed by atoms with Gasteiger partial charge in [0.2, 0.25) is 0 Å². The van der Waals surface area contributed by atoms with E-state index < -0.39 is 0 Å². The summed E-state index contributed by atoms with van der Waals surface area (Å²) in [5, 5.41) is 0. The van der Waals surface area contributed by atoms with Crippen LogP contribution in [0.2, 0.25) is 0 Å². The Balaban J connectivity index is 1.21. The van der Waals surface area contributed by atoms with Crippen molar-refractivity contribution < 1.29 is 0 Å². The molecule has 0 radical (unpaired) electrons. The van der Waals surface area contributed by atoms with Crippen molar-refractivity contribution in [2.75, 3.05) is 31.1 Å². The van der Waals surface area contributed by atoms with E-state index in [0.717, 1.165) is 44.7 Å². The van der Waals surface area contributed by atoms with E-state index in [9.17, 15) is 0 Å². The van der Waals surface area contributed by atoms with E-state index in [4.69, 9.17) is 4.98 Å². The van der Waals surface area contributed by atoms with Crippen LogP contribution in [0.5, 0.6) is 0 Å².